The van der Waals surface area contributed by atoms with Gasteiger partial charge in [0.05, 0.1) is 5.54 Å². The molecular formula is C15H23N5O2. The quantitative estimate of drug-likeness (QED) is 0.860. The number of aryl methyl sites for hydroxylation is 1. The summed E-state index contributed by atoms with van der Waals surface area (Å²) >= 11 is 0. The Bertz CT molecular complexity index is 587. The third-order valence-corrected chi connectivity index (χ3v) is 2.89. The first-order valence-corrected chi connectivity index (χ1v) is 7.12. The number of nitriles is 1. The van der Waals surface area contributed by atoms with Gasteiger partial charge >= 0.3 is 6.09 Å². The molecule has 0 saturated heterocycles. The van der Waals surface area contributed by atoms with Gasteiger partial charge in [-0.05, 0) is 33.6 Å². The van der Waals surface area contributed by atoms with E-state index < -0.39 is 11.6 Å². The molecule has 7 nitrogen and oxygen atoms in total. The maximum Gasteiger partial charge on any atom is 0.426 e. The highest BCUT2D eigenvalue weighted by Crippen LogP contribution is 2.25. The number of nitrogens with zero attached hydrogens (tertiary/aromatic N) is 5. The Hall–Kier alpha value is -2.36. The van der Waals surface area contributed by atoms with Crippen molar-refractivity contribution in [3.05, 3.63) is 17.6 Å². The number of hydrogen-bond donors (Lipinski definition) is 1. The lowest BCUT2D eigenvalue weighted by Gasteiger charge is -2.43. The van der Waals surface area contributed by atoms with Gasteiger partial charge in [-0.3, -0.25) is 5.01 Å². The maximum absolute atomic E-state index is 11.8. The zero-order chi connectivity index (χ0) is 17.1. The minimum atomic E-state index is -1.07. The minimum absolute atomic E-state index is 0.0219. The molecule has 0 fully saturated rings. The van der Waals surface area contributed by atoms with Crippen molar-refractivity contribution in [2.45, 2.75) is 47.1 Å². The smallest absolute Gasteiger partial charge is 0.426 e. The van der Waals surface area contributed by atoms with E-state index in [2.05, 4.69) is 9.97 Å². The van der Waals surface area contributed by atoms with Gasteiger partial charge in [0, 0.05) is 18.3 Å². The van der Waals surface area contributed by atoms with Crippen molar-refractivity contribution in [2.75, 3.05) is 11.6 Å². The van der Waals surface area contributed by atoms with Crippen molar-refractivity contribution in [3.63, 3.8) is 0 Å². The van der Waals surface area contributed by atoms with Crippen LogP contribution in [0.5, 0.6) is 0 Å². The Labute approximate surface area is 131 Å². The fourth-order valence-corrected chi connectivity index (χ4v) is 2.11. The van der Waals surface area contributed by atoms with Crippen LogP contribution in [0.1, 0.15) is 46.0 Å². The molecule has 7 heteroatoms. The van der Waals surface area contributed by atoms with Crippen LogP contribution in [0.3, 0.4) is 0 Å². The van der Waals surface area contributed by atoms with E-state index >= 15 is 0 Å². The molecule has 1 rings (SSSR count). The Kier molecular flexibility index (Phi) is 5.31. The molecule has 1 aromatic heterocycles. The number of aromatic nitrogens is 2. The molecule has 0 atom stereocenters. The molecule has 0 aliphatic heterocycles. The standard InChI is InChI=1S/C15H23N5O2/c1-10(2)9-19(20(14(21)22)15(4,5)6)13-11(3)8-17-12(7-16)18-13/h8,10H,9H2,1-6H3,(H,21,22). The monoisotopic (exact) mass is 305 g/mol. The van der Waals surface area contributed by atoms with Gasteiger partial charge in [-0.15, -0.1) is 0 Å². The second-order valence-electron chi connectivity index (χ2n) is 6.55. The molecule has 1 amide bonds. The lowest BCUT2D eigenvalue weighted by molar-refractivity contribution is 0.0886. The van der Waals surface area contributed by atoms with Crippen LogP contribution in [0.4, 0.5) is 10.6 Å². The molecule has 0 aliphatic rings. The molecule has 1 aromatic rings. The van der Waals surface area contributed by atoms with Crippen LogP contribution in [0.25, 0.3) is 0 Å². The van der Waals surface area contributed by atoms with Crippen molar-refractivity contribution < 1.29 is 9.90 Å². The molecule has 0 aliphatic carbocycles. The molecule has 0 saturated carbocycles. The normalized spacial score (nSPS) is 11.2. The Balaban J connectivity index is 3.46. The number of rotatable bonds is 4. The first-order chi connectivity index (χ1) is 10.1. The van der Waals surface area contributed by atoms with Crippen LogP contribution in [-0.2, 0) is 0 Å². The van der Waals surface area contributed by atoms with Crippen LogP contribution >= 0.6 is 0 Å². The summed E-state index contributed by atoms with van der Waals surface area (Å²) < 4.78 is 0. The summed E-state index contributed by atoms with van der Waals surface area (Å²) in [5.74, 6) is 0.676. The van der Waals surface area contributed by atoms with Crippen LogP contribution in [-0.4, -0.2) is 38.3 Å². The van der Waals surface area contributed by atoms with E-state index in [1.165, 1.54) is 11.2 Å². The topological polar surface area (TPSA) is 93.4 Å². The minimum Gasteiger partial charge on any atom is -0.464 e. The van der Waals surface area contributed by atoms with Gasteiger partial charge in [0.2, 0.25) is 5.82 Å². The first kappa shape index (κ1) is 17.7. The summed E-state index contributed by atoms with van der Waals surface area (Å²) in [4.78, 5) is 19.9. The van der Waals surface area contributed by atoms with Crippen molar-refractivity contribution in [1.29, 1.82) is 5.26 Å². The Morgan fingerprint density at radius 3 is 2.45 bits per heavy atom. The number of carbonyl (C=O) groups is 1. The van der Waals surface area contributed by atoms with Crippen molar-refractivity contribution in [1.82, 2.24) is 15.0 Å². The van der Waals surface area contributed by atoms with Gasteiger partial charge < -0.3 is 5.11 Å². The van der Waals surface area contributed by atoms with Gasteiger partial charge in [0.1, 0.15) is 6.07 Å². The van der Waals surface area contributed by atoms with Gasteiger partial charge in [-0.1, -0.05) is 13.8 Å². The fourth-order valence-electron chi connectivity index (χ4n) is 2.11. The van der Waals surface area contributed by atoms with Crippen molar-refractivity contribution in [2.24, 2.45) is 5.92 Å². The second kappa shape index (κ2) is 6.60. The molecule has 1 heterocycles. The summed E-state index contributed by atoms with van der Waals surface area (Å²) in [5.41, 5.74) is 0.0698. The summed E-state index contributed by atoms with van der Waals surface area (Å²) in [5, 5.41) is 21.5. The third kappa shape index (κ3) is 4.07. The molecular weight excluding hydrogens is 282 g/mol. The summed E-state index contributed by atoms with van der Waals surface area (Å²) in [6.45, 7) is 11.7. The maximum atomic E-state index is 11.8. The molecule has 0 unspecified atom stereocenters. The van der Waals surface area contributed by atoms with Crippen LogP contribution in [0.2, 0.25) is 0 Å². The van der Waals surface area contributed by atoms with E-state index in [1.54, 1.807) is 11.9 Å². The van der Waals surface area contributed by atoms with E-state index in [1.807, 2.05) is 40.7 Å². The molecule has 22 heavy (non-hydrogen) atoms. The van der Waals surface area contributed by atoms with E-state index in [-0.39, 0.29) is 11.7 Å². The third-order valence-electron chi connectivity index (χ3n) is 2.89. The second-order valence-corrected chi connectivity index (χ2v) is 6.55. The average Bonchev–Trinajstić information content (AvgIpc) is 2.36. The zero-order valence-corrected chi connectivity index (χ0v) is 14.0. The molecule has 0 bridgehead atoms. The largest absolute Gasteiger partial charge is 0.464 e. The Morgan fingerprint density at radius 2 is 2.05 bits per heavy atom. The average molecular weight is 305 g/mol. The zero-order valence-electron chi connectivity index (χ0n) is 14.0. The lowest BCUT2D eigenvalue weighted by Crippen LogP contribution is -2.57. The number of carboxylic acid groups (broad SMARTS) is 1. The molecule has 120 valence electrons. The molecule has 0 radical (unpaired) electrons. The molecule has 1 N–H and O–H groups in total. The van der Waals surface area contributed by atoms with Gasteiger partial charge in [0.25, 0.3) is 0 Å². The van der Waals surface area contributed by atoms with E-state index in [9.17, 15) is 9.90 Å². The van der Waals surface area contributed by atoms with Gasteiger partial charge in [-0.25, -0.2) is 14.8 Å². The predicted octanol–water partition coefficient (Wildman–Crippen LogP) is 2.81. The Morgan fingerprint density at radius 1 is 1.45 bits per heavy atom. The number of hydrazine groups is 1. The van der Waals surface area contributed by atoms with Gasteiger partial charge in [0.15, 0.2) is 5.82 Å². The predicted molar refractivity (Wildman–Crippen MR) is 83.3 cm³/mol. The van der Waals surface area contributed by atoms with E-state index in [0.717, 1.165) is 5.56 Å². The van der Waals surface area contributed by atoms with E-state index in [4.69, 9.17) is 5.26 Å². The SMILES string of the molecule is Cc1cnc(C#N)nc1N(CC(C)C)N(C(=O)O)C(C)(C)C. The van der Waals surface area contributed by atoms with Crippen molar-refractivity contribution >= 4 is 11.9 Å². The molecule has 0 aromatic carbocycles. The van der Waals surface area contributed by atoms with Gasteiger partial charge in [-0.2, -0.15) is 10.2 Å². The van der Waals surface area contributed by atoms with Crippen molar-refractivity contribution in [3.8, 4) is 6.07 Å². The summed E-state index contributed by atoms with van der Waals surface area (Å²) in [6.07, 6.45) is 0.473. The first-order valence-electron chi connectivity index (χ1n) is 7.12. The van der Waals surface area contributed by atoms with Crippen LogP contribution in [0.15, 0.2) is 6.20 Å². The highest BCUT2D eigenvalue weighted by Gasteiger charge is 2.34. The summed E-state index contributed by atoms with van der Waals surface area (Å²) in [7, 11) is 0. The van der Waals surface area contributed by atoms with E-state index in [0.29, 0.717) is 12.4 Å². The molecule has 0 spiro atoms. The highest BCUT2D eigenvalue weighted by atomic mass is 16.4. The van der Waals surface area contributed by atoms with Crippen LogP contribution < -0.4 is 5.01 Å². The number of amides is 1. The number of hydrogen-bond acceptors (Lipinski definition) is 5. The number of anilines is 1. The van der Waals surface area contributed by atoms with Crippen LogP contribution in [0, 0.1) is 24.2 Å². The lowest BCUT2D eigenvalue weighted by atomic mass is 10.1. The summed E-state index contributed by atoms with van der Waals surface area (Å²) in [6, 6.07) is 1.89. The highest BCUT2D eigenvalue weighted by molar-refractivity contribution is 5.69. The fraction of sp³-hybridized carbons (Fsp3) is 0.600.